The molecular formula is C25H22N6O3. The highest BCUT2D eigenvalue weighted by Gasteiger charge is 2.21. The maximum atomic E-state index is 13.4. The summed E-state index contributed by atoms with van der Waals surface area (Å²) >= 11 is 0. The van der Waals surface area contributed by atoms with Crippen molar-refractivity contribution in [2.75, 3.05) is 18.5 Å². The maximum absolute atomic E-state index is 13.4. The van der Waals surface area contributed by atoms with Crippen molar-refractivity contribution >= 4 is 27.9 Å². The van der Waals surface area contributed by atoms with E-state index in [1.165, 1.54) is 5.56 Å². The molecule has 3 aromatic heterocycles. The molecule has 0 fully saturated rings. The van der Waals surface area contributed by atoms with Gasteiger partial charge in [0, 0.05) is 6.20 Å². The highest BCUT2D eigenvalue weighted by molar-refractivity contribution is 6.02. The van der Waals surface area contributed by atoms with Gasteiger partial charge in [0.1, 0.15) is 12.7 Å². The Labute approximate surface area is 194 Å². The van der Waals surface area contributed by atoms with Gasteiger partial charge in [-0.3, -0.25) is 14.5 Å². The zero-order valence-corrected chi connectivity index (χ0v) is 18.5. The van der Waals surface area contributed by atoms with E-state index in [1.807, 2.05) is 48.5 Å². The third kappa shape index (κ3) is 3.42. The summed E-state index contributed by atoms with van der Waals surface area (Å²) in [5.41, 5.74) is 2.85. The quantitative estimate of drug-likeness (QED) is 0.419. The Bertz CT molecular complexity index is 1560. The Hall–Kier alpha value is -4.40. The number of hydrogen-bond acceptors (Lipinski definition) is 7. The second kappa shape index (κ2) is 8.18. The summed E-state index contributed by atoms with van der Waals surface area (Å²) in [4.78, 5) is 22.6. The number of aromatic amines is 1. The number of pyridine rings is 1. The average molecular weight is 454 g/mol. The number of nitrogens with zero attached hydrogens (tertiary/aromatic N) is 4. The molecule has 1 aliphatic rings. The third-order valence-electron chi connectivity index (χ3n) is 5.98. The monoisotopic (exact) mass is 454 g/mol. The van der Waals surface area contributed by atoms with E-state index in [9.17, 15) is 4.79 Å². The number of benzene rings is 2. The molecule has 34 heavy (non-hydrogen) atoms. The largest absolute Gasteiger partial charge is 0.486 e. The van der Waals surface area contributed by atoms with Crippen LogP contribution in [0.5, 0.6) is 11.5 Å². The second-order valence-electron chi connectivity index (χ2n) is 8.13. The predicted octanol–water partition coefficient (Wildman–Crippen LogP) is 3.47. The molecule has 9 nitrogen and oxygen atoms in total. The predicted molar refractivity (Wildman–Crippen MR) is 129 cm³/mol. The molecule has 0 spiro atoms. The van der Waals surface area contributed by atoms with Gasteiger partial charge in [-0.15, -0.1) is 0 Å². The number of ether oxygens (including phenoxy) is 2. The second-order valence-corrected chi connectivity index (χ2v) is 8.13. The van der Waals surface area contributed by atoms with Crippen LogP contribution in [0, 0.1) is 0 Å². The van der Waals surface area contributed by atoms with Gasteiger partial charge in [0.05, 0.1) is 34.7 Å². The van der Waals surface area contributed by atoms with Crippen molar-refractivity contribution in [2.45, 2.75) is 19.4 Å². The van der Waals surface area contributed by atoms with Gasteiger partial charge in [-0.25, -0.2) is 4.98 Å². The number of aryl methyl sites for hydroxylation is 1. The van der Waals surface area contributed by atoms with Crippen LogP contribution >= 0.6 is 0 Å². The van der Waals surface area contributed by atoms with Gasteiger partial charge in [-0.2, -0.15) is 10.1 Å². The lowest BCUT2D eigenvalue weighted by molar-refractivity contribution is 0.0996. The molecule has 0 saturated carbocycles. The first-order valence-corrected chi connectivity index (χ1v) is 11.2. The number of hydrogen-bond donors (Lipinski definition) is 2. The van der Waals surface area contributed by atoms with Gasteiger partial charge >= 0.3 is 0 Å². The number of nitrogens with one attached hydrogen (secondary N) is 2. The summed E-state index contributed by atoms with van der Waals surface area (Å²) < 4.78 is 13.4. The normalized spacial score (nSPS) is 15.0. The SMILES string of the molecule is CCc1ccc(-n2c(=O)c3cn[nH]c3c3cnc(NC[C@H]4COc5ccccc5O4)nc32)cc1. The van der Waals surface area contributed by atoms with Crippen molar-refractivity contribution in [3.05, 3.63) is 76.8 Å². The van der Waals surface area contributed by atoms with E-state index in [0.717, 1.165) is 17.9 Å². The molecule has 1 aliphatic heterocycles. The van der Waals surface area contributed by atoms with Crippen LogP contribution in [0.25, 0.3) is 27.6 Å². The molecule has 4 heterocycles. The minimum atomic E-state index is -0.201. The lowest BCUT2D eigenvalue weighted by atomic mass is 10.1. The fourth-order valence-electron chi connectivity index (χ4n) is 4.16. The fourth-order valence-corrected chi connectivity index (χ4v) is 4.16. The molecule has 0 unspecified atom stereocenters. The van der Waals surface area contributed by atoms with E-state index < -0.39 is 0 Å². The number of rotatable bonds is 5. The third-order valence-corrected chi connectivity index (χ3v) is 5.98. The van der Waals surface area contributed by atoms with E-state index in [0.29, 0.717) is 46.8 Å². The van der Waals surface area contributed by atoms with Crippen molar-refractivity contribution in [1.82, 2.24) is 24.7 Å². The van der Waals surface area contributed by atoms with Gasteiger partial charge in [0.2, 0.25) is 5.95 Å². The Balaban J connectivity index is 1.37. The Morgan fingerprint density at radius 1 is 1.09 bits per heavy atom. The zero-order chi connectivity index (χ0) is 23.1. The minimum absolute atomic E-state index is 0.189. The molecule has 2 aromatic carbocycles. The Morgan fingerprint density at radius 2 is 1.91 bits per heavy atom. The molecule has 0 bridgehead atoms. The number of para-hydroxylation sites is 2. The van der Waals surface area contributed by atoms with Crippen LogP contribution in [-0.2, 0) is 6.42 Å². The summed E-state index contributed by atoms with van der Waals surface area (Å²) in [7, 11) is 0. The van der Waals surface area contributed by atoms with E-state index in [1.54, 1.807) is 17.0 Å². The van der Waals surface area contributed by atoms with E-state index in [-0.39, 0.29) is 11.7 Å². The van der Waals surface area contributed by atoms with E-state index >= 15 is 0 Å². The van der Waals surface area contributed by atoms with Crippen LogP contribution < -0.4 is 20.3 Å². The highest BCUT2D eigenvalue weighted by atomic mass is 16.6. The van der Waals surface area contributed by atoms with Gasteiger partial charge in [0.25, 0.3) is 5.56 Å². The molecule has 9 heteroatoms. The smallest absolute Gasteiger partial charge is 0.267 e. The van der Waals surface area contributed by atoms with Crippen LogP contribution in [0.15, 0.2) is 65.7 Å². The van der Waals surface area contributed by atoms with Crippen molar-refractivity contribution in [3.63, 3.8) is 0 Å². The first-order valence-electron chi connectivity index (χ1n) is 11.2. The van der Waals surface area contributed by atoms with Crippen LogP contribution in [0.2, 0.25) is 0 Å². The zero-order valence-electron chi connectivity index (χ0n) is 18.5. The molecule has 0 amide bonds. The van der Waals surface area contributed by atoms with Crippen LogP contribution in [0.1, 0.15) is 12.5 Å². The summed E-state index contributed by atoms with van der Waals surface area (Å²) in [6.45, 7) is 2.96. The standard InChI is InChI=1S/C25H22N6O3/c1-2-15-7-9-16(10-8-15)31-23-18(22-19(24(31)32)13-28-30-22)12-27-25(29-23)26-11-17-14-33-20-5-3-4-6-21(20)34-17/h3-10,12-13,17H,2,11,14H2,1H3,(H,28,30)(H,26,27,29)/t17-/m0/s1. The van der Waals surface area contributed by atoms with Crippen LogP contribution in [-0.4, -0.2) is 44.0 Å². The van der Waals surface area contributed by atoms with E-state index in [4.69, 9.17) is 14.5 Å². The lowest BCUT2D eigenvalue weighted by Crippen LogP contribution is -2.35. The molecule has 170 valence electrons. The molecule has 6 rings (SSSR count). The van der Waals surface area contributed by atoms with E-state index in [2.05, 4.69) is 27.4 Å². The summed E-state index contributed by atoms with van der Waals surface area (Å²) in [6, 6.07) is 15.5. The first kappa shape index (κ1) is 20.2. The van der Waals surface area contributed by atoms with Crippen molar-refractivity contribution < 1.29 is 9.47 Å². The van der Waals surface area contributed by atoms with Crippen molar-refractivity contribution in [2.24, 2.45) is 0 Å². The fraction of sp³-hybridized carbons (Fsp3) is 0.200. The molecule has 5 aromatic rings. The van der Waals surface area contributed by atoms with Crippen molar-refractivity contribution in [1.29, 1.82) is 0 Å². The van der Waals surface area contributed by atoms with Gasteiger partial charge in [0.15, 0.2) is 17.1 Å². The van der Waals surface area contributed by atoms with Gasteiger partial charge in [-0.1, -0.05) is 31.2 Å². The number of H-pyrrole nitrogens is 1. The average Bonchev–Trinajstić information content (AvgIpc) is 3.38. The molecule has 0 aliphatic carbocycles. The van der Waals surface area contributed by atoms with Crippen LogP contribution in [0.3, 0.4) is 0 Å². The molecular weight excluding hydrogens is 432 g/mol. The minimum Gasteiger partial charge on any atom is -0.486 e. The van der Waals surface area contributed by atoms with Crippen molar-refractivity contribution in [3.8, 4) is 17.2 Å². The van der Waals surface area contributed by atoms with Crippen LogP contribution in [0.4, 0.5) is 5.95 Å². The summed E-state index contributed by atoms with van der Waals surface area (Å²) in [5, 5.41) is 11.4. The number of fused-ring (bicyclic) bond motifs is 4. The van der Waals surface area contributed by atoms with Gasteiger partial charge < -0.3 is 14.8 Å². The Morgan fingerprint density at radius 3 is 2.74 bits per heavy atom. The topological polar surface area (TPSA) is 107 Å². The molecule has 0 radical (unpaired) electrons. The first-order chi connectivity index (χ1) is 16.7. The summed E-state index contributed by atoms with van der Waals surface area (Å²) in [5.74, 6) is 1.85. The lowest BCUT2D eigenvalue weighted by Gasteiger charge is -2.26. The molecule has 1 atom stereocenters. The molecule has 2 N–H and O–H groups in total. The number of aromatic nitrogens is 5. The highest BCUT2D eigenvalue weighted by Crippen LogP contribution is 2.31. The summed E-state index contributed by atoms with van der Waals surface area (Å²) in [6.07, 6.45) is 3.96. The maximum Gasteiger partial charge on any atom is 0.267 e. The number of anilines is 1. The molecule has 0 saturated heterocycles. The Kier molecular flexibility index (Phi) is 4.87. The van der Waals surface area contributed by atoms with Gasteiger partial charge in [-0.05, 0) is 36.2 Å².